The van der Waals surface area contributed by atoms with Gasteiger partial charge in [0, 0.05) is 13.1 Å². The summed E-state index contributed by atoms with van der Waals surface area (Å²) in [6.45, 7) is 5.73. The predicted molar refractivity (Wildman–Crippen MR) is 75.2 cm³/mol. The van der Waals surface area contributed by atoms with Gasteiger partial charge in [-0.2, -0.15) is 0 Å². The maximum absolute atomic E-state index is 11.6. The molecule has 102 valence electrons. The average molecular weight is 270 g/mol. The quantitative estimate of drug-likeness (QED) is 0.695. The van der Waals surface area contributed by atoms with Crippen molar-refractivity contribution >= 4 is 10.0 Å². The van der Waals surface area contributed by atoms with Crippen molar-refractivity contribution in [3.8, 4) is 0 Å². The second-order valence-corrected chi connectivity index (χ2v) is 6.23. The molecule has 0 heterocycles. The Hall–Kier alpha value is -0.910. The molecule has 0 spiro atoms. The van der Waals surface area contributed by atoms with Crippen LogP contribution in [0, 0.1) is 6.92 Å². The van der Waals surface area contributed by atoms with Gasteiger partial charge in [0.1, 0.15) is 0 Å². The number of sulfonamides is 1. The molecule has 1 aromatic carbocycles. The third-order valence-electron chi connectivity index (χ3n) is 2.62. The predicted octanol–water partition coefficient (Wildman–Crippen LogP) is 1.07. The SMILES string of the molecule is CCNCCS(=O)(=O)NCCc1cccc(C)c1. The van der Waals surface area contributed by atoms with Crippen LogP contribution in [0.15, 0.2) is 24.3 Å². The van der Waals surface area contributed by atoms with E-state index in [-0.39, 0.29) is 5.75 Å². The van der Waals surface area contributed by atoms with Crippen molar-refractivity contribution in [2.24, 2.45) is 0 Å². The maximum Gasteiger partial charge on any atom is 0.212 e. The molecule has 0 atom stereocenters. The highest BCUT2D eigenvalue weighted by atomic mass is 32.2. The van der Waals surface area contributed by atoms with Crippen molar-refractivity contribution in [1.82, 2.24) is 10.0 Å². The van der Waals surface area contributed by atoms with E-state index in [0.29, 0.717) is 13.1 Å². The molecule has 4 nitrogen and oxygen atoms in total. The molecule has 0 amide bonds. The summed E-state index contributed by atoms with van der Waals surface area (Å²) in [5.74, 6) is 0.134. The molecule has 0 aliphatic carbocycles. The van der Waals surface area contributed by atoms with Crippen LogP contribution < -0.4 is 10.0 Å². The summed E-state index contributed by atoms with van der Waals surface area (Å²) in [6.07, 6.45) is 0.724. The van der Waals surface area contributed by atoms with E-state index in [4.69, 9.17) is 0 Å². The topological polar surface area (TPSA) is 58.2 Å². The number of benzene rings is 1. The Kier molecular flexibility index (Phi) is 6.32. The smallest absolute Gasteiger partial charge is 0.212 e. The van der Waals surface area contributed by atoms with Crippen LogP contribution in [0.1, 0.15) is 18.1 Å². The van der Waals surface area contributed by atoms with Crippen molar-refractivity contribution in [2.75, 3.05) is 25.4 Å². The van der Waals surface area contributed by atoms with Gasteiger partial charge in [-0.3, -0.25) is 0 Å². The normalized spacial score (nSPS) is 11.7. The van der Waals surface area contributed by atoms with Crippen LogP contribution in [0.2, 0.25) is 0 Å². The number of rotatable bonds is 8. The van der Waals surface area contributed by atoms with Crippen LogP contribution in [-0.4, -0.2) is 33.8 Å². The summed E-state index contributed by atoms with van der Waals surface area (Å²) < 4.78 is 25.8. The van der Waals surface area contributed by atoms with Gasteiger partial charge >= 0.3 is 0 Å². The zero-order chi connectivity index (χ0) is 13.4. The first kappa shape index (κ1) is 15.1. The van der Waals surface area contributed by atoms with Crippen LogP contribution in [0.3, 0.4) is 0 Å². The Labute approximate surface area is 110 Å². The van der Waals surface area contributed by atoms with Gasteiger partial charge < -0.3 is 5.32 Å². The van der Waals surface area contributed by atoms with Gasteiger partial charge in [0.15, 0.2) is 0 Å². The fourth-order valence-electron chi connectivity index (χ4n) is 1.67. The minimum atomic E-state index is -3.15. The lowest BCUT2D eigenvalue weighted by atomic mass is 10.1. The molecule has 0 fully saturated rings. The van der Waals surface area contributed by atoms with E-state index in [0.717, 1.165) is 18.5 Å². The van der Waals surface area contributed by atoms with Crippen molar-refractivity contribution in [3.05, 3.63) is 35.4 Å². The number of hydrogen-bond acceptors (Lipinski definition) is 3. The summed E-state index contributed by atoms with van der Waals surface area (Å²) in [7, 11) is -3.15. The summed E-state index contributed by atoms with van der Waals surface area (Å²) in [5.41, 5.74) is 2.35. The Bertz CT molecular complexity index is 458. The Morgan fingerprint density at radius 3 is 2.67 bits per heavy atom. The fourth-order valence-corrected chi connectivity index (χ4v) is 2.64. The molecule has 0 unspecified atom stereocenters. The summed E-state index contributed by atoms with van der Waals surface area (Å²) in [6, 6.07) is 8.11. The van der Waals surface area contributed by atoms with E-state index in [2.05, 4.69) is 16.1 Å². The highest BCUT2D eigenvalue weighted by Gasteiger charge is 2.08. The highest BCUT2D eigenvalue weighted by Crippen LogP contribution is 2.04. The molecule has 0 saturated heterocycles. The van der Waals surface area contributed by atoms with Gasteiger partial charge in [-0.15, -0.1) is 0 Å². The second kappa shape index (κ2) is 7.51. The van der Waals surface area contributed by atoms with Gasteiger partial charge in [-0.1, -0.05) is 36.8 Å². The lowest BCUT2D eigenvalue weighted by molar-refractivity contribution is 0.578. The summed E-state index contributed by atoms with van der Waals surface area (Å²) in [4.78, 5) is 0. The van der Waals surface area contributed by atoms with Crippen LogP contribution in [-0.2, 0) is 16.4 Å². The average Bonchev–Trinajstić information content (AvgIpc) is 2.29. The molecule has 1 aromatic rings. The molecule has 0 saturated carbocycles. The third-order valence-corrected chi connectivity index (χ3v) is 4.00. The molecule has 1 rings (SSSR count). The van der Waals surface area contributed by atoms with Gasteiger partial charge in [0.05, 0.1) is 5.75 Å². The first-order valence-electron chi connectivity index (χ1n) is 6.27. The standard InChI is InChI=1S/C13H22N2O2S/c1-3-14-9-10-18(16,17)15-8-7-13-6-4-5-12(2)11-13/h4-6,11,14-15H,3,7-10H2,1-2H3. The molecular weight excluding hydrogens is 248 g/mol. The van der Waals surface area contributed by atoms with Crippen molar-refractivity contribution < 1.29 is 8.42 Å². The first-order valence-corrected chi connectivity index (χ1v) is 7.92. The highest BCUT2D eigenvalue weighted by molar-refractivity contribution is 7.89. The molecular formula is C13H22N2O2S. The van der Waals surface area contributed by atoms with E-state index in [1.54, 1.807) is 0 Å². The van der Waals surface area contributed by atoms with Crippen LogP contribution >= 0.6 is 0 Å². The molecule has 0 aliphatic heterocycles. The molecule has 0 aliphatic rings. The maximum atomic E-state index is 11.6. The van der Waals surface area contributed by atoms with Gasteiger partial charge in [0.2, 0.25) is 10.0 Å². The van der Waals surface area contributed by atoms with Crippen LogP contribution in [0.5, 0.6) is 0 Å². The zero-order valence-electron chi connectivity index (χ0n) is 11.1. The van der Waals surface area contributed by atoms with Gasteiger partial charge in [-0.25, -0.2) is 13.1 Å². The fraction of sp³-hybridized carbons (Fsp3) is 0.538. The van der Waals surface area contributed by atoms with Gasteiger partial charge in [-0.05, 0) is 25.5 Å². The van der Waals surface area contributed by atoms with Crippen molar-refractivity contribution in [2.45, 2.75) is 20.3 Å². The molecule has 0 bridgehead atoms. The molecule has 2 N–H and O–H groups in total. The van der Waals surface area contributed by atoms with E-state index in [9.17, 15) is 8.42 Å². The number of aryl methyl sites for hydroxylation is 1. The van der Waals surface area contributed by atoms with Gasteiger partial charge in [0.25, 0.3) is 0 Å². The van der Waals surface area contributed by atoms with E-state index >= 15 is 0 Å². The van der Waals surface area contributed by atoms with E-state index in [1.807, 2.05) is 32.0 Å². The van der Waals surface area contributed by atoms with E-state index in [1.165, 1.54) is 5.56 Å². The minimum absolute atomic E-state index is 0.134. The monoisotopic (exact) mass is 270 g/mol. The van der Waals surface area contributed by atoms with E-state index < -0.39 is 10.0 Å². The second-order valence-electron chi connectivity index (χ2n) is 4.31. The number of nitrogens with one attached hydrogen (secondary N) is 2. The summed E-state index contributed by atoms with van der Waals surface area (Å²) >= 11 is 0. The Morgan fingerprint density at radius 2 is 2.00 bits per heavy atom. The van der Waals surface area contributed by atoms with Crippen molar-refractivity contribution in [1.29, 1.82) is 0 Å². The molecule has 0 aromatic heterocycles. The first-order chi connectivity index (χ1) is 8.53. The van der Waals surface area contributed by atoms with Crippen LogP contribution in [0.25, 0.3) is 0 Å². The Morgan fingerprint density at radius 1 is 1.22 bits per heavy atom. The molecule has 18 heavy (non-hydrogen) atoms. The third kappa shape index (κ3) is 6.14. The Balaban J connectivity index is 2.32. The zero-order valence-corrected chi connectivity index (χ0v) is 11.9. The molecule has 0 radical (unpaired) electrons. The van der Waals surface area contributed by atoms with Crippen molar-refractivity contribution in [3.63, 3.8) is 0 Å². The lowest BCUT2D eigenvalue weighted by Gasteiger charge is -2.07. The lowest BCUT2D eigenvalue weighted by Crippen LogP contribution is -2.33. The van der Waals surface area contributed by atoms with Crippen LogP contribution in [0.4, 0.5) is 0 Å². The number of hydrogen-bond donors (Lipinski definition) is 2. The molecule has 5 heteroatoms. The minimum Gasteiger partial charge on any atom is -0.316 e. The largest absolute Gasteiger partial charge is 0.316 e. The summed E-state index contributed by atoms with van der Waals surface area (Å²) in [5, 5.41) is 3.00.